The fourth-order valence-corrected chi connectivity index (χ4v) is 2.21. The summed E-state index contributed by atoms with van der Waals surface area (Å²) in [6.45, 7) is 10.6. The number of hydrogen-bond acceptors (Lipinski definition) is 3. The van der Waals surface area contributed by atoms with Gasteiger partial charge in [-0.1, -0.05) is 33.6 Å². The maximum absolute atomic E-state index is 8.74. The topological polar surface area (TPSA) is 36.3 Å². The number of ether oxygens (including phenoxy) is 1. The Morgan fingerprint density at radius 2 is 1.80 bits per heavy atom. The molecular weight excluding hydrogens is 248 g/mol. The zero-order chi connectivity index (χ0) is 14.8. The molecular formula is C17H26N2O. The molecule has 0 N–H and O–H groups in total. The molecule has 3 nitrogen and oxygen atoms in total. The van der Waals surface area contributed by atoms with Gasteiger partial charge in [0.2, 0.25) is 0 Å². The third-order valence-electron chi connectivity index (χ3n) is 3.78. The van der Waals surface area contributed by atoms with Crippen molar-refractivity contribution < 1.29 is 4.74 Å². The van der Waals surface area contributed by atoms with Gasteiger partial charge < -0.3 is 4.74 Å². The van der Waals surface area contributed by atoms with E-state index >= 15 is 0 Å². The van der Waals surface area contributed by atoms with E-state index in [1.807, 2.05) is 12.1 Å². The number of rotatable bonds is 9. The molecule has 0 radical (unpaired) electrons. The number of nitriles is 1. The molecule has 0 atom stereocenters. The largest absolute Gasteiger partial charge is 0.492 e. The van der Waals surface area contributed by atoms with Crippen LogP contribution in [0, 0.1) is 17.2 Å². The Hall–Kier alpha value is -1.53. The van der Waals surface area contributed by atoms with Gasteiger partial charge in [0.05, 0.1) is 11.6 Å². The highest BCUT2D eigenvalue weighted by Crippen LogP contribution is 2.12. The highest BCUT2D eigenvalue weighted by atomic mass is 16.5. The molecule has 0 spiro atoms. The minimum absolute atomic E-state index is 0.668. The van der Waals surface area contributed by atoms with Crippen LogP contribution in [0.15, 0.2) is 24.3 Å². The fraction of sp³-hybridized carbons (Fsp3) is 0.588. The molecule has 3 heteroatoms. The Morgan fingerprint density at radius 1 is 1.15 bits per heavy atom. The Bertz CT molecular complexity index is 404. The Balaban J connectivity index is 2.35. The number of nitrogens with zero attached hydrogens (tertiary/aromatic N) is 2. The predicted molar refractivity (Wildman–Crippen MR) is 82.8 cm³/mol. The Kier molecular flexibility index (Phi) is 7.75. The summed E-state index contributed by atoms with van der Waals surface area (Å²) < 4.78 is 5.74. The minimum atomic E-state index is 0.668. The van der Waals surface area contributed by atoms with Gasteiger partial charge in [-0.25, -0.2) is 0 Å². The maximum Gasteiger partial charge on any atom is 0.119 e. The first-order valence-electron chi connectivity index (χ1n) is 7.58. The fourth-order valence-electron chi connectivity index (χ4n) is 2.21. The second-order valence-electron chi connectivity index (χ2n) is 5.06. The molecule has 0 aliphatic heterocycles. The molecule has 1 rings (SSSR count). The van der Waals surface area contributed by atoms with Crippen molar-refractivity contribution >= 4 is 0 Å². The summed E-state index contributed by atoms with van der Waals surface area (Å²) in [5, 5.41) is 8.74. The second kappa shape index (κ2) is 9.39. The lowest BCUT2D eigenvalue weighted by molar-refractivity contribution is 0.188. The summed E-state index contributed by atoms with van der Waals surface area (Å²) in [6.07, 6.45) is 2.48. The van der Waals surface area contributed by atoms with Crippen molar-refractivity contribution in [1.29, 1.82) is 5.26 Å². The van der Waals surface area contributed by atoms with Crippen LogP contribution in [0.3, 0.4) is 0 Å². The van der Waals surface area contributed by atoms with E-state index in [1.165, 1.54) is 12.8 Å². The van der Waals surface area contributed by atoms with Crippen molar-refractivity contribution in [3.63, 3.8) is 0 Å². The van der Waals surface area contributed by atoms with Gasteiger partial charge in [-0.2, -0.15) is 5.26 Å². The van der Waals surface area contributed by atoms with Crippen molar-refractivity contribution in [1.82, 2.24) is 4.90 Å². The smallest absolute Gasteiger partial charge is 0.119 e. The number of hydrogen-bond donors (Lipinski definition) is 0. The molecule has 0 saturated carbocycles. The average Bonchev–Trinajstić information content (AvgIpc) is 2.51. The molecule has 1 aromatic carbocycles. The first-order valence-corrected chi connectivity index (χ1v) is 7.58. The van der Waals surface area contributed by atoms with E-state index < -0.39 is 0 Å². The summed E-state index contributed by atoms with van der Waals surface area (Å²) in [7, 11) is 0. The molecule has 0 aliphatic rings. The zero-order valence-electron chi connectivity index (χ0n) is 12.9. The third kappa shape index (κ3) is 5.63. The predicted octanol–water partition coefficient (Wildman–Crippen LogP) is 3.70. The number of benzene rings is 1. The van der Waals surface area contributed by atoms with Crippen LogP contribution in [0.4, 0.5) is 0 Å². The third-order valence-corrected chi connectivity index (χ3v) is 3.78. The lowest BCUT2D eigenvalue weighted by atomic mass is 10.0. The lowest BCUT2D eigenvalue weighted by Crippen LogP contribution is -2.32. The summed E-state index contributed by atoms with van der Waals surface area (Å²) in [6, 6.07) is 9.40. The van der Waals surface area contributed by atoms with E-state index in [1.54, 1.807) is 12.1 Å². The monoisotopic (exact) mass is 274 g/mol. The van der Waals surface area contributed by atoms with Gasteiger partial charge in [0.1, 0.15) is 12.4 Å². The van der Waals surface area contributed by atoms with E-state index in [4.69, 9.17) is 10.00 Å². The van der Waals surface area contributed by atoms with E-state index in [2.05, 4.69) is 31.7 Å². The van der Waals surface area contributed by atoms with Gasteiger partial charge in [-0.15, -0.1) is 0 Å². The van der Waals surface area contributed by atoms with E-state index in [9.17, 15) is 0 Å². The van der Waals surface area contributed by atoms with Crippen LogP contribution in [-0.2, 0) is 0 Å². The van der Waals surface area contributed by atoms with E-state index in [-0.39, 0.29) is 0 Å². The van der Waals surface area contributed by atoms with Crippen LogP contribution in [-0.4, -0.2) is 31.1 Å². The van der Waals surface area contributed by atoms with Crippen LogP contribution in [0.1, 0.15) is 39.2 Å². The van der Waals surface area contributed by atoms with Gasteiger partial charge in [-0.3, -0.25) is 4.90 Å². The highest BCUT2D eigenvalue weighted by molar-refractivity contribution is 5.34. The van der Waals surface area contributed by atoms with Crippen molar-refractivity contribution in [2.75, 3.05) is 26.2 Å². The first kappa shape index (κ1) is 16.5. The molecule has 0 saturated heterocycles. The quantitative estimate of drug-likeness (QED) is 0.689. The van der Waals surface area contributed by atoms with Crippen molar-refractivity contribution in [2.45, 2.75) is 33.6 Å². The standard InChI is InChI=1S/C17H26N2O/c1-4-15(5-2)14-19(6-3)11-12-20-17-9-7-16(13-18)8-10-17/h7-10,15H,4-6,11-12,14H2,1-3H3. The molecule has 0 aromatic heterocycles. The Morgan fingerprint density at radius 3 is 2.30 bits per heavy atom. The summed E-state index contributed by atoms with van der Waals surface area (Å²) in [5.41, 5.74) is 0.668. The molecule has 0 amide bonds. The first-order chi connectivity index (χ1) is 9.73. The zero-order valence-corrected chi connectivity index (χ0v) is 12.9. The van der Waals surface area contributed by atoms with E-state index in [0.717, 1.165) is 31.3 Å². The van der Waals surface area contributed by atoms with Crippen LogP contribution in [0.5, 0.6) is 5.75 Å². The molecule has 110 valence electrons. The van der Waals surface area contributed by atoms with Crippen molar-refractivity contribution in [2.24, 2.45) is 5.92 Å². The highest BCUT2D eigenvalue weighted by Gasteiger charge is 2.09. The molecule has 0 aliphatic carbocycles. The van der Waals surface area contributed by atoms with Crippen molar-refractivity contribution in [3.05, 3.63) is 29.8 Å². The lowest BCUT2D eigenvalue weighted by Gasteiger charge is -2.25. The Labute approximate surface area is 123 Å². The van der Waals surface area contributed by atoms with Gasteiger partial charge in [-0.05, 0) is 36.7 Å². The molecule has 20 heavy (non-hydrogen) atoms. The van der Waals surface area contributed by atoms with Gasteiger partial charge in [0.25, 0.3) is 0 Å². The van der Waals surface area contributed by atoms with Crippen LogP contribution in [0.25, 0.3) is 0 Å². The van der Waals surface area contributed by atoms with Crippen LogP contribution >= 0.6 is 0 Å². The SMILES string of the molecule is CCC(CC)CN(CC)CCOc1ccc(C#N)cc1. The van der Waals surface area contributed by atoms with Crippen LogP contribution in [0.2, 0.25) is 0 Å². The summed E-state index contributed by atoms with van der Waals surface area (Å²) in [4.78, 5) is 2.45. The van der Waals surface area contributed by atoms with Gasteiger partial charge >= 0.3 is 0 Å². The molecule has 0 bridgehead atoms. The average molecular weight is 274 g/mol. The van der Waals surface area contributed by atoms with Crippen LogP contribution < -0.4 is 4.74 Å². The molecule has 0 heterocycles. The maximum atomic E-state index is 8.74. The molecule has 0 unspecified atom stereocenters. The van der Waals surface area contributed by atoms with Gasteiger partial charge in [0.15, 0.2) is 0 Å². The number of likely N-dealkylation sites (N-methyl/N-ethyl adjacent to an activating group) is 1. The second-order valence-corrected chi connectivity index (χ2v) is 5.06. The van der Waals surface area contributed by atoms with Crippen molar-refractivity contribution in [3.8, 4) is 11.8 Å². The van der Waals surface area contributed by atoms with Gasteiger partial charge in [0, 0.05) is 13.1 Å². The summed E-state index contributed by atoms with van der Waals surface area (Å²) >= 11 is 0. The minimum Gasteiger partial charge on any atom is -0.492 e. The normalized spacial score (nSPS) is 10.8. The summed E-state index contributed by atoms with van der Waals surface area (Å²) in [5.74, 6) is 1.62. The molecule has 1 aromatic rings. The van der Waals surface area contributed by atoms with E-state index in [0.29, 0.717) is 12.2 Å². The molecule has 0 fully saturated rings.